The summed E-state index contributed by atoms with van der Waals surface area (Å²) in [6, 6.07) is 4.49. The third-order valence-electron chi connectivity index (χ3n) is 2.35. The van der Waals surface area contributed by atoms with Crippen LogP contribution in [-0.4, -0.2) is 35.7 Å². The SMILES string of the molecule is Cc1ccc(F)c(C(=O)NCCSCCCO)c1. The number of hydrogen-bond donors (Lipinski definition) is 2. The molecule has 0 atom stereocenters. The lowest BCUT2D eigenvalue weighted by Crippen LogP contribution is -2.26. The van der Waals surface area contributed by atoms with Crippen LogP contribution in [0.25, 0.3) is 0 Å². The normalized spacial score (nSPS) is 10.4. The molecule has 0 aliphatic carbocycles. The average Bonchev–Trinajstić information content (AvgIpc) is 2.36. The summed E-state index contributed by atoms with van der Waals surface area (Å²) in [7, 11) is 0. The highest BCUT2D eigenvalue weighted by Crippen LogP contribution is 2.09. The molecule has 100 valence electrons. The highest BCUT2D eigenvalue weighted by molar-refractivity contribution is 7.99. The maximum Gasteiger partial charge on any atom is 0.254 e. The Kier molecular flexibility index (Phi) is 6.75. The second-order valence-electron chi connectivity index (χ2n) is 3.93. The largest absolute Gasteiger partial charge is 0.396 e. The van der Waals surface area contributed by atoms with E-state index < -0.39 is 5.82 Å². The topological polar surface area (TPSA) is 49.3 Å². The van der Waals surface area contributed by atoms with E-state index in [1.165, 1.54) is 6.07 Å². The standard InChI is InChI=1S/C13H18FNO2S/c1-10-3-4-12(14)11(9-10)13(17)15-5-8-18-7-2-6-16/h3-4,9,16H,2,5-8H2,1H3,(H,15,17). The highest BCUT2D eigenvalue weighted by atomic mass is 32.2. The van der Waals surface area contributed by atoms with Gasteiger partial charge in [0, 0.05) is 18.9 Å². The first-order valence-electron chi connectivity index (χ1n) is 5.88. The number of nitrogens with one attached hydrogen (secondary N) is 1. The first-order valence-corrected chi connectivity index (χ1v) is 7.03. The first kappa shape index (κ1) is 15.0. The number of rotatable bonds is 7. The van der Waals surface area contributed by atoms with Gasteiger partial charge in [-0.25, -0.2) is 4.39 Å². The Morgan fingerprint density at radius 3 is 2.94 bits per heavy atom. The number of halogens is 1. The number of carbonyl (C=O) groups is 1. The Morgan fingerprint density at radius 2 is 2.22 bits per heavy atom. The van der Waals surface area contributed by atoms with Crippen molar-refractivity contribution in [3.63, 3.8) is 0 Å². The Bertz CT molecular complexity index is 399. The molecule has 0 heterocycles. The zero-order valence-electron chi connectivity index (χ0n) is 10.4. The van der Waals surface area contributed by atoms with Gasteiger partial charge in [-0.2, -0.15) is 11.8 Å². The third kappa shape index (κ3) is 5.06. The number of amides is 1. The van der Waals surface area contributed by atoms with Crippen molar-refractivity contribution in [1.29, 1.82) is 0 Å². The van der Waals surface area contributed by atoms with Crippen LogP contribution in [0.3, 0.4) is 0 Å². The fourth-order valence-corrected chi connectivity index (χ4v) is 2.20. The maximum atomic E-state index is 13.4. The summed E-state index contributed by atoms with van der Waals surface area (Å²) >= 11 is 1.65. The van der Waals surface area contributed by atoms with Crippen LogP contribution in [0.4, 0.5) is 4.39 Å². The number of thioether (sulfide) groups is 1. The summed E-state index contributed by atoms with van der Waals surface area (Å²) < 4.78 is 13.4. The van der Waals surface area contributed by atoms with E-state index in [0.29, 0.717) is 6.54 Å². The predicted octanol–water partition coefficient (Wildman–Crippen LogP) is 1.98. The van der Waals surface area contributed by atoms with Crippen molar-refractivity contribution < 1.29 is 14.3 Å². The second-order valence-corrected chi connectivity index (χ2v) is 5.15. The lowest BCUT2D eigenvalue weighted by Gasteiger charge is -2.06. The summed E-state index contributed by atoms with van der Waals surface area (Å²) in [5.41, 5.74) is 0.953. The second kappa shape index (κ2) is 8.11. The molecule has 0 unspecified atom stereocenters. The maximum absolute atomic E-state index is 13.4. The van der Waals surface area contributed by atoms with Crippen molar-refractivity contribution in [2.75, 3.05) is 24.7 Å². The number of aliphatic hydroxyl groups excluding tert-OH is 1. The monoisotopic (exact) mass is 271 g/mol. The number of aryl methyl sites for hydroxylation is 1. The molecule has 2 N–H and O–H groups in total. The number of hydrogen-bond acceptors (Lipinski definition) is 3. The van der Waals surface area contributed by atoms with E-state index in [0.717, 1.165) is 23.5 Å². The molecule has 0 radical (unpaired) electrons. The van der Waals surface area contributed by atoms with Gasteiger partial charge in [0.2, 0.25) is 0 Å². The predicted molar refractivity (Wildman–Crippen MR) is 72.5 cm³/mol. The third-order valence-corrected chi connectivity index (χ3v) is 3.42. The highest BCUT2D eigenvalue weighted by Gasteiger charge is 2.10. The zero-order chi connectivity index (χ0) is 13.4. The van der Waals surface area contributed by atoms with Gasteiger partial charge in [0.15, 0.2) is 0 Å². The van der Waals surface area contributed by atoms with Crippen LogP contribution in [0.1, 0.15) is 22.3 Å². The number of carbonyl (C=O) groups excluding carboxylic acids is 1. The molecule has 0 saturated heterocycles. The van der Waals surface area contributed by atoms with Crippen molar-refractivity contribution >= 4 is 17.7 Å². The fourth-order valence-electron chi connectivity index (χ4n) is 1.41. The molecule has 1 aromatic carbocycles. The number of aliphatic hydroxyl groups is 1. The van der Waals surface area contributed by atoms with E-state index in [2.05, 4.69) is 5.32 Å². The molecular weight excluding hydrogens is 253 g/mol. The zero-order valence-corrected chi connectivity index (χ0v) is 11.2. The van der Waals surface area contributed by atoms with Crippen LogP contribution in [-0.2, 0) is 0 Å². The molecule has 18 heavy (non-hydrogen) atoms. The molecule has 1 rings (SSSR count). The molecule has 0 aromatic heterocycles. The van der Waals surface area contributed by atoms with Crippen LogP contribution in [0.15, 0.2) is 18.2 Å². The Morgan fingerprint density at radius 1 is 1.44 bits per heavy atom. The van der Waals surface area contributed by atoms with Crippen molar-refractivity contribution in [2.24, 2.45) is 0 Å². The average molecular weight is 271 g/mol. The molecule has 0 fully saturated rings. The van der Waals surface area contributed by atoms with E-state index in [-0.39, 0.29) is 18.1 Å². The Hall–Kier alpha value is -1.07. The summed E-state index contributed by atoms with van der Waals surface area (Å²) in [6.07, 6.45) is 0.755. The Balaban J connectivity index is 2.34. The van der Waals surface area contributed by atoms with Crippen LogP contribution < -0.4 is 5.32 Å². The number of benzene rings is 1. The lowest BCUT2D eigenvalue weighted by molar-refractivity contribution is 0.0952. The molecule has 5 heteroatoms. The van der Waals surface area contributed by atoms with Gasteiger partial charge in [-0.1, -0.05) is 11.6 Å². The van der Waals surface area contributed by atoms with Crippen LogP contribution in [0.5, 0.6) is 0 Å². The van der Waals surface area contributed by atoms with Crippen LogP contribution in [0.2, 0.25) is 0 Å². The van der Waals surface area contributed by atoms with Gasteiger partial charge >= 0.3 is 0 Å². The molecule has 0 bridgehead atoms. The van der Waals surface area contributed by atoms with Crippen molar-refractivity contribution in [3.05, 3.63) is 35.1 Å². The molecule has 3 nitrogen and oxygen atoms in total. The smallest absolute Gasteiger partial charge is 0.254 e. The quantitative estimate of drug-likeness (QED) is 0.746. The van der Waals surface area contributed by atoms with E-state index in [9.17, 15) is 9.18 Å². The van der Waals surface area contributed by atoms with Crippen molar-refractivity contribution in [1.82, 2.24) is 5.32 Å². The van der Waals surface area contributed by atoms with E-state index >= 15 is 0 Å². The molecular formula is C13H18FNO2S. The summed E-state index contributed by atoms with van der Waals surface area (Å²) in [5.74, 6) is 0.759. The van der Waals surface area contributed by atoms with E-state index in [1.807, 2.05) is 6.92 Å². The van der Waals surface area contributed by atoms with Gasteiger partial charge in [-0.15, -0.1) is 0 Å². The lowest BCUT2D eigenvalue weighted by atomic mass is 10.1. The minimum absolute atomic E-state index is 0.0929. The molecule has 0 spiro atoms. The van der Waals surface area contributed by atoms with Crippen molar-refractivity contribution in [2.45, 2.75) is 13.3 Å². The van der Waals surface area contributed by atoms with Gasteiger partial charge in [0.1, 0.15) is 5.82 Å². The van der Waals surface area contributed by atoms with Gasteiger partial charge in [0.05, 0.1) is 5.56 Å². The van der Waals surface area contributed by atoms with Gasteiger partial charge in [-0.05, 0) is 31.2 Å². The van der Waals surface area contributed by atoms with Crippen molar-refractivity contribution in [3.8, 4) is 0 Å². The minimum atomic E-state index is -0.494. The molecule has 0 saturated carbocycles. The van der Waals surface area contributed by atoms with Gasteiger partial charge in [-0.3, -0.25) is 4.79 Å². The van der Waals surface area contributed by atoms with Crippen LogP contribution in [0, 0.1) is 12.7 Å². The minimum Gasteiger partial charge on any atom is -0.396 e. The summed E-state index contributed by atoms with van der Waals surface area (Å²) in [4.78, 5) is 11.7. The fraction of sp³-hybridized carbons (Fsp3) is 0.462. The molecule has 1 aromatic rings. The van der Waals surface area contributed by atoms with E-state index in [4.69, 9.17) is 5.11 Å². The van der Waals surface area contributed by atoms with Crippen LogP contribution >= 0.6 is 11.8 Å². The van der Waals surface area contributed by atoms with Gasteiger partial charge < -0.3 is 10.4 Å². The first-order chi connectivity index (χ1) is 8.65. The molecule has 1 amide bonds. The summed E-state index contributed by atoms with van der Waals surface area (Å²) in [6.45, 7) is 2.51. The Labute approximate surface area is 111 Å². The van der Waals surface area contributed by atoms with Gasteiger partial charge in [0.25, 0.3) is 5.91 Å². The molecule has 0 aliphatic rings. The summed E-state index contributed by atoms with van der Waals surface area (Å²) in [5, 5.41) is 11.3. The molecule has 0 aliphatic heterocycles. The van der Waals surface area contributed by atoms with E-state index in [1.54, 1.807) is 23.9 Å².